The Morgan fingerprint density at radius 2 is 2.40 bits per heavy atom. The van der Waals surface area contributed by atoms with Gasteiger partial charge in [0.15, 0.2) is 0 Å². The minimum Gasteiger partial charge on any atom is -0.314 e. The predicted octanol–water partition coefficient (Wildman–Crippen LogP) is 0.474. The Bertz CT molecular complexity index is 106. The fraction of sp³-hybridized carbons (Fsp3) is 0.714. The fourth-order valence-corrected chi connectivity index (χ4v) is 1.34. The van der Waals surface area contributed by atoms with Gasteiger partial charge in [0.25, 0.3) is 0 Å². The molecule has 0 aliphatic carbocycles. The Kier molecular flexibility index (Phi) is 5.93. The topological polar surface area (TPSA) is 12.0 Å². The summed E-state index contributed by atoms with van der Waals surface area (Å²) in [6, 6.07) is 0.507. The lowest BCUT2D eigenvalue weighted by atomic mass is 9.89. The highest BCUT2D eigenvalue weighted by Crippen LogP contribution is 2.04. The first kappa shape index (κ1) is 10.1. The number of nitrogens with one attached hydrogen (secondary N) is 1. The summed E-state index contributed by atoms with van der Waals surface area (Å²) in [5, 5.41) is 3.22. The van der Waals surface area contributed by atoms with Gasteiger partial charge < -0.3 is 5.32 Å². The lowest BCUT2D eigenvalue weighted by Crippen LogP contribution is -2.27. The number of rotatable bonds is 5. The van der Waals surface area contributed by atoms with Gasteiger partial charge in [-0.1, -0.05) is 0 Å². The smallest absolute Gasteiger partial charge is 0.135 e. The lowest BCUT2D eigenvalue weighted by Gasteiger charge is -2.14. The molecule has 0 rings (SSSR count). The molecule has 0 bridgehead atoms. The van der Waals surface area contributed by atoms with E-state index in [-0.39, 0.29) is 0 Å². The van der Waals surface area contributed by atoms with Crippen LogP contribution in [0.2, 0.25) is 0 Å². The predicted molar refractivity (Wildman–Crippen MR) is 53.5 cm³/mol. The van der Waals surface area contributed by atoms with Gasteiger partial charge in [-0.3, -0.25) is 0 Å². The minimum absolute atomic E-state index is 0.507. The van der Waals surface area contributed by atoms with Crippen LogP contribution in [0.1, 0.15) is 6.42 Å². The first-order chi connectivity index (χ1) is 4.72. The van der Waals surface area contributed by atoms with E-state index in [1.807, 2.05) is 18.8 Å². The van der Waals surface area contributed by atoms with E-state index in [2.05, 4.69) is 26.0 Å². The van der Waals surface area contributed by atoms with Gasteiger partial charge in [-0.05, 0) is 25.5 Å². The largest absolute Gasteiger partial charge is 0.314 e. The highest BCUT2D eigenvalue weighted by molar-refractivity contribution is 7.98. The Morgan fingerprint density at radius 1 is 1.80 bits per heavy atom. The zero-order chi connectivity index (χ0) is 7.98. The van der Waals surface area contributed by atoms with Gasteiger partial charge in [0.05, 0.1) is 0 Å². The van der Waals surface area contributed by atoms with Crippen LogP contribution in [0.25, 0.3) is 0 Å². The molecule has 0 aromatic carbocycles. The summed E-state index contributed by atoms with van der Waals surface area (Å²) in [6.45, 7) is 3.91. The van der Waals surface area contributed by atoms with Crippen LogP contribution >= 0.6 is 11.8 Å². The summed E-state index contributed by atoms with van der Waals surface area (Å²) >= 11 is 1.88. The molecule has 0 unspecified atom stereocenters. The molecule has 0 heterocycles. The number of likely N-dealkylation sites (N-methyl/N-ethyl adjacent to an activating group) is 1. The van der Waals surface area contributed by atoms with E-state index >= 15 is 0 Å². The highest BCUT2D eigenvalue weighted by Gasteiger charge is 2.03. The summed E-state index contributed by atoms with van der Waals surface area (Å²) in [6.07, 6.45) is 3.32. The molecule has 0 saturated carbocycles. The highest BCUT2D eigenvalue weighted by atomic mass is 32.2. The number of thioether (sulfide) groups is 1. The molecule has 0 aliphatic heterocycles. The maximum Gasteiger partial charge on any atom is 0.135 e. The summed E-state index contributed by atoms with van der Waals surface area (Å²) in [4.78, 5) is 0. The SMILES string of the molecule is BC(=C)[C@H](CCSC)NC. The summed E-state index contributed by atoms with van der Waals surface area (Å²) in [5.41, 5.74) is 1.23. The molecular weight excluding hydrogens is 141 g/mol. The van der Waals surface area contributed by atoms with Gasteiger partial charge in [0, 0.05) is 6.04 Å². The lowest BCUT2D eigenvalue weighted by molar-refractivity contribution is 0.644. The monoisotopic (exact) mass is 157 g/mol. The molecule has 3 heteroatoms. The molecule has 0 radical (unpaired) electrons. The normalized spacial score (nSPS) is 13.0. The molecule has 1 N–H and O–H groups in total. The van der Waals surface area contributed by atoms with Crippen LogP contribution in [-0.4, -0.2) is 32.9 Å². The average Bonchev–Trinajstić information content (AvgIpc) is 1.89. The molecule has 1 atom stereocenters. The van der Waals surface area contributed by atoms with Gasteiger partial charge in [-0.15, -0.1) is 12.1 Å². The van der Waals surface area contributed by atoms with Crippen molar-refractivity contribution in [1.82, 2.24) is 5.32 Å². The van der Waals surface area contributed by atoms with Crippen molar-refractivity contribution in [1.29, 1.82) is 0 Å². The zero-order valence-corrected chi connectivity index (χ0v) is 7.92. The fourth-order valence-electron chi connectivity index (χ4n) is 0.873. The van der Waals surface area contributed by atoms with E-state index in [4.69, 9.17) is 0 Å². The van der Waals surface area contributed by atoms with Crippen molar-refractivity contribution in [3.8, 4) is 0 Å². The third kappa shape index (κ3) is 4.02. The molecule has 0 amide bonds. The summed E-state index contributed by atoms with van der Waals surface area (Å²) in [5.74, 6) is 1.21. The van der Waals surface area contributed by atoms with Crippen molar-refractivity contribution in [2.24, 2.45) is 0 Å². The van der Waals surface area contributed by atoms with Crippen LogP contribution in [0.5, 0.6) is 0 Å². The van der Waals surface area contributed by atoms with Crippen LogP contribution in [0.3, 0.4) is 0 Å². The van der Waals surface area contributed by atoms with Crippen LogP contribution in [-0.2, 0) is 0 Å². The molecule has 58 valence electrons. The van der Waals surface area contributed by atoms with E-state index < -0.39 is 0 Å². The average molecular weight is 157 g/mol. The molecular formula is C7H16BNS. The Hall–Kier alpha value is 0.115. The zero-order valence-electron chi connectivity index (χ0n) is 7.11. The van der Waals surface area contributed by atoms with Crippen LogP contribution in [0.15, 0.2) is 12.1 Å². The van der Waals surface area contributed by atoms with Crippen molar-refractivity contribution >= 4 is 19.6 Å². The molecule has 0 saturated heterocycles. The molecule has 0 spiro atoms. The van der Waals surface area contributed by atoms with Gasteiger partial charge in [0.1, 0.15) is 7.85 Å². The third-order valence-corrected chi connectivity index (χ3v) is 2.20. The standard InChI is InChI=1S/C7H16BNS/c1-6(8)7(9-2)4-5-10-3/h7,9H,1,4-5,8H2,2-3H3/t7-/m0/s1. The van der Waals surface area contributed by atoms with Crippen molar-refractivity contribution < 1.29 is 0 Å². The first-order valence-corrected chi connectivity index (χ1v) is 4.93. The number of hydrogen-bond acceptors (Lipinski definition) is 2. The van der Waals surface area contributed by atoms with E-state index in [0.29, 0.717) is 6.04 Å². The summed E-state index contributed by atoms with van der Waals surface area (Å²) in [7, 11) is 4.06. The quantitative estimate of drug-likeness (QED) is 0.582. The Labute approximate surface area is 69.1 Å². The van der Waals surface area contributed by atoms with E-state index in [1.165, 1.54) is 17.6 Å². The van der Waals surface area contributed by atoms with Crippen LogP contribution in [0.4, 0.5) is 0 Å². The number of hydrogen-bond donors (Lipinski definition) is 1. The molecule has 0 aromatic rings. The Balaban J connectivity index is 3.50. The first-order valence-electron chi connectivity index (χ1n) is 3.54. The molecule has 0 fully saturated rings. The molecule has 10 heavy (non-hydrogen) atoms. The van der Waals surface area contributed by atoms with Crippen molar-refractivity contribution in [2.75, 3.05) is 19.1 Å². The second-order valence-electron chi connectivity index (χ2n) is 2.47. The van der Waals surface area contributed by atoms with E-state index in [9.17, 15) is 0 Å². The second-order valence-corrected chi connectivity index (χ2v) is 3.45. The van der Waals surface area contributed by atoms with Crippen molar-refractivity contribution in [3.05, 3.63) is 12.1 Å². The third-order valence-electron chi connectivity index (χ3n) is 1.55. The summed E-state index contributed by atoms with van der Waals surface area (Å²) < 4.78 is 0. The van der Waals surface area contributed by atoms with Crippen molar-refractivity contribution in [2.45, 2.75) is 12.5 Å². The second kappa shape index (κ2) is 5.87. The van der Waals surface area contributed by atoms with Gasteiger partial charge in [-0.25, -0.2) is 0 Å². The van der Waals surface area contributed by atoms with Gasteiger partial charge >= 0.3 is 0 Å². The van der Waals surface area contributed by atoms with Gasteiger partial charge in [-0.2, -0.15) is 11.8 Å². The van der Waals surface area contributed by atoms with E-state index in [0.717, 1.165) is 0 Å². The molecule has 0 aliphatic rings. The van der Waals surface area contributed by atoms with Gasteiger partial charge in [0.2, 0.25) is 0 Å². The maximum absolute atomic E-state index is 3.91. The molecule has 1 nitrogen and oxygen atoms in total. The maximum atomic E-state index is 3.91. The van der Waals surface area contributed by atoms with Crippen molar-refractivity contribution in [3.63, 3.8) is 0 Å². The van der Waals surface area contributed by atoms with E-state index in [1.54, 1.807) is 0 Å². The Morgan fingerprint density at radius 3 is 2.70 bits per heavy atom. The minimum atomic E-state index is 0.507. The van der Waals surface area contributed by atoms with Crippen LogP contribution < -0.4 is 5.32 Å². The molecule has 0 aromatic heterocycles. The van der Waals surface area contributed by atoms with Crippen LogP contribution in [0, 0.1) is 0 Å².